The maximum atomic E-state index is 13.0. The zero-order valence-corrected chi connectivity index (χ0v) is 15.3. The summed E-state index contributed by atoms with van der Waals surface area (Å²) in [4.78, 5) is 30.2. The van der Waals surface area contributed by atoms with Crippen LogP contribution < -0.4 is 4.90 Å². The zero-order valence-electron chi connectivity index (χ0n) is 14.5. The first-order chi connectivity index (χ1) is 13.1. The minimum absolute atomic E-state index is 0.210. The number of nitrogens with zero attached hydrogens (tertiary/aromatic N) is 3. The number of hydrogen-bond acceptors (Lipinski definition) is 5. The van der Waals surface area contributed by atoms with Gasteiger partial charge in [0.05, 0.1) is 28.3 Å². The molecule has 132 valence electrons. The molecule has 3 atom stereocenters. The lowest BCUT2D eigenvalue weighted by atomic mass is 9.75. The molecule has 3 aliphatic heterocycles. The summed E-state index contributed by atoms with van der Waals surface area (Å²) in [5, 5.41) is 10.8. The summed E-state index contributed by atoms with van der Waals surface area (Å²) in [7, 11) is 1.53. The Morgan fingerprint density at radius 3 is 2.44 bits per heavy atom. The van der Waals surface area contributed by atoms with Crippen LogP contribution in [0, 0.1) is 17.2 Å². The number of allylic oxidation sites excluding steroid dienone is 1. The van der Waals surface area contributed by atoms with Crippen LogP contribution in [0.4, 0.5) is 5.69 Å². The number of likely N-dealkylation sites (N-methyl/N-ethyl adjacent to an activating group) is 1. The average Bonchev–Trinajstić information content (AvgIpc) is 3.19. The maximum absolute atomic E-state index is 13.0. The van der Waals surface area contributed by atoms with E-state index in [9.17, 15) is 14.9 Å². The van der Waals surface area contributed by atoms with Crippen molar-refractivity contribution in [2.75, 3.05) is 11.9 Å². The van der Waals surface area contributed by atoms with E-state index in [2.05, 4.69) is 6.07 Å². The fraction of sp³-hybridized carbons (Fsp3) is 0.190. The second kappa shape index (κ2) is 5.73. The molecular weight excluding hydrogens is 358 g/mol. The summed E-state index contributed by atoms with van der Waals surface area (Å²) >= 11 is 1.51. The Labute approximate surface area is 160 Å². The Bertz CT molecular complexity index is 1060. The summed E-state index contributed by atoms with van der Waals surface area (Å²) < 4.78 is 0. The zero-order chi connectivity index (χ0) is 18.7. The van der Waals surface area contributed by atoms with Crippen LogP contribution in [-0.4, -0.2) is 29.8 Å². The largest absolute Gasteiger partial charge is 0.321 e. The molecule has 0 unspecified atom stereocenters. The van der Waals surface area contributed by atoms with Crippen LogP contribution >= 0.6 is 11.8 Å². The number of fused-ring (bicyclic) bond motifs is 5. The molecular formula is C21H15N3O2S. The van der Waals surface area contributed by atoms with Crippen LogP contribution in [0.1, 0.15) is 11.5 Å². The van der Waals surface area contributed by atoms with Crippen LogP contribution in [0.25, 0.3) is 0 Å². The van der Waals surface area contributed by atoms with E-state index in [1.54, 1.807) is 0 Å². The number of benzene rings is 2. The SMILES string of the molecule is CN1C(=O)[C@H]2[C@@H](C1=O)N1C(=C(C#N)[C@H]2c2ccccc2)Sc2ccccc21. The highest BCUT2D eigenvalue weighted by Crippen LogP contribution is 2.57. The van der Waals surface area contributed by atoms with Crippen molar-refractivity contribution in [3.05, 3.63) is 70.8 Å². The minimum atomic E-state index is -0.615. The summed E-state index contributed by atoms with van der Waals surface area (Å²) in [6.07, 6.45) is 0. The van der Waals surface area contributed by atoms with Gasteiger partial charge in [0.15, 0.2) is 0 Å². The molecule has 2 amide bonds. The molecule has 0 radical (unpaired) electrons. The van der Waals surface area contributed by atoms with Crippen LogP contribution in [0.2, 0.25) is 0 Å². The number of nitriles is 1. The van der Waals surface area contributed by atoms with E-state index in [-0.39, 0.29) is 11.8 Å². The number of para-hydroxylation sites is 1. The highest BCUT2D eigenvalue weighted by atomic mass is 32.2. The van der Waals surface area contributed by atoms with E-state index in [1.165, 1.54) is 23.7 Å². The van der Waals surface area contributed by atoms with Crippen molar-refractivity contribution in [2.45, 2.75) is 16.9 Å². The molecule has 0 N–H and O–H groups in total. The molecule has 27 heavy (non-hydrogen) atoms. The molecule has 0 aliphatic carbocycles. The first kappa shape index (κ1) is 16.2. The van der Waals surface area contributed by atoms with Gasteiger partial charge in [0.25, 0.3) is 5.91 Å². The van der Waals surface area contributed by atoms with Gasteiger partial charge in [-0.05, 0) is 17.7 Å². The predicted molar refractivity (Wildman–Crippen MR) is 102 cm³/mol. The lowest BCUT2D eigenvalue weighted by molar-refractivity contribution is -0.137. The molecule has 5 nitrogen and oxygen atoms in total. The number of amides is 2. The molecule has 5 rings (SSSR count). The van der Waals surface area contributed by atoms with Crippen LogP contribution in [0.5, 0.6) is 0 Å². The first-order valence-corrected chi connectivity index (χ1v) is 9.52. The second-order valence-corrected chi connectivity index (χ2v) is 7.90. The van der Waals surface area contributed by atoms with E-state index in [4.69, 9.17) is 0 Å². The minimum Gasteiger partial charge on any atom is -0.321 e. The van der Waals surface area contributed by atoms with Gasteiger partial charge in [-0.15, -0.1) is 0 Å². The number of imide groups is 1. The van der Waals surface area contributed by atoms with Gasteiger partial charge in [0.2, 0.25) is 5.91 Å². The van der Waals surface area contributed by atoms with Gasteiger partial charge in [-0.2, -0.15) is 5.26 Å². The number of anilines is 1. The van der Waals surface area contributed by atoms with Gasteiger partial charge < -0.3 is 4.90 Å². The quantitative estimate of drug-likeness (QED) is 0.719. The summed E-state index contributed by atoms with van der Waals surface area (Å²) in [6.45, 7) is 0. The molecule has 0 saturated carbocycles. The third-order valence-corrected chi connectivity index (χ3v) is 6.72. The van der Waals surface area contributed by atoms with Crippen LogP contribution in [0.15, 0.2) is 70.1 Å². The highest BCUT2D eigenvalue weighted by Gasteiger charge is 2.59. The van der Waals surface area contributed by atoms with Gasteiger partial charge in [-0.25, -0.2) is 0 Å². The second-order valence-electron chi connectivity index (χ2n) is 6.86. The van der Waals surface area contributed by atoms with Crippen molar-refractivity contribution in [3.8, 4) is 6.07 Å². The number of carbonyl (C=O) groups is 2. The normalized spacial score (nSPS) is 26.0. The van der Waals surface area contributed by atoms with Crippen molar-refractivity contribution >= 4 is 29.3 Å². The van der Waals surface area contributed by atoms with Crippen LogP contribution in [-0.2, 0) is 9.59 Å². The molecule has 1 saturated heterocycles. The van der Waals surface area contributed by atoms with Gasteiger partial charge in [0, 0.05) is 17.9 Å². The number of hydrogen-bond donors (Lipinski definition) is 0. The molecule has 6 heteroatoms. The molecule has 1 fully saturated rings. The maximum Gasteiger partial charge on any atom is 0.252 e. The Kier molecular flexibility index (Phi) is 3.43. The smallest absolute Gasteiger partial charge is 0.252 e. The van der Waals surface area contributed by atoms with Crippen molar-refractivity contribution < 1.29 is 9.59 Å². The first-order valence-electron chi connectivity index (χ1n) is 8.70. The Morgan fingerprint density at radius 2 is 1.70 bits per heavy atom. The molecule has 2 aromatic rings. The number of likely N-dealkylation sites (tertiary alicyclic amines) is 1. The van der Waals surface area contributed by atoms with E-state index in [0.717, 1.165) is 21.2 Å². The Morgan fingerprint density at radius 1 is 1.00 bits per heavy atom. The molecule has 0 aromatic heterocycles. The molecule has 3 aliphatic rings. The third-order valence-electron chi connectivity index (χ3n) is 5.55. The molecule has 3 heterocycles. The molecule has 0 spiro atoms. The van der Waals surface area contributed by atoms with Crippen molar-refractivity contribution in [1.82, 2.24) is 4.90 Å². The highest BCUT2D eigenvalue weighted by molar-refractivity contribution is 8.03. The van der Waals surface area contributed by atoms with Crippen molar-refractivity contribution in [1.29, 1.82) is 5.26 Å². The Balaban J connectivity index is 1.80. The van der Waals surface area contributed by atoms with E-state index < -0.39 is 17.9 Å². The van der Waals surface area contributed by atoms with Gasteiger partial charge in [-0.1, -0.05) is 54.2 Å². The molecule has 2 aromatic carbocycles. The Hall–Kier alpha value is -3.04. The number of thioether (sulfide) groups is 1. The lowest BCUT2D eigenvalue weighted by Crippen LogP contribution is -2.47. The summed E-state index contributed by atoms with van der Waals surface area (Å²) in [5.74, 6) is -1.46. The topological polar surface area (TPSA) is 64.4 Å². The van der Waals surface area contributed by atoms with E-state index >= 15 is 0 Å². The third kappa shape index (κ3) is 2.06. The fourth-order valence-electron chi connectivity index (χ4n) is 4.35. The number of rotatable bonds is 1. The van der Waals surface area contributed by atoms with Gasteiger partial charge in [-0.3, -0.25) is 14.5 Å². The fourth-order valence-corrected chi connectivity index (χ4v) is 5.56. The van der Waals surface area contributed by atoms with Crippen molar-refractivity contribution in [2.24, 2.45) is 5.92 Å². The standard InChI is InChI=1S/C21H15N3O2S/c1-23-19(25)17-16(12-7-3-2-4-8-12)13(11-22)21-24(18(17)20(23)26)14-9-5-6-10-15(14)27-21/h2-10,16-18H,1H3/t16-,17-,18+/m1/s1. The number of carbonyl (C=O) groups excluding carboxylic acids is 2. The average molecular weight is 373 g/mol. The van der Waals surface area contributed by atoms with Gasteiger partial charge >= 0.3 is 0 Å². The predicted octanol–water partition coefficient (Wildman–Crippen LogP) is 3.11. The summed E-state index contributed by atoms with van der Waals surface area (Å²) in [6, 6.07) is 19.1. The lowest BCUT2D eigenvalue weighted by Gasteiger charge is -2.38. The monoisotopic (exact) mass is 373 g/mol. The molecule has 0 bridgehead atoms. The van der Waals surface area contributed by atoms with Crippen LogP contribution in [0.3, 0.4) is 0 Å². The summed E-state index contributed by atoms with van der Waals surface area (Å²) in [5.41, 5.74) is 2.34. The van der Waals surface area contributed by atoms with E-state index in [1.807, 2.05) is 59.5 Å². The van der Waals surface area contributed by atoms with Gasteiger partial charge in [0.1, 0.15) is 6.04 Å². The van der Waals surface area contributed by atoms with Crippen molar-refractivity contribution in [3.63, 3.8) is 0 Å². The van der Waals surface area contributed by atoms with E-state index in [0.29, 0.717) is 5.57 Å².